The molecule has 2 fully saturated rings. The predicted octanol–water partition coefficient (Wildman–Crippen LogP) is 1.84. The zero-order valence-electron chi connectivity index (χ0n) is 12.0. The number of amides is 2. The molecule has 1 N–H and O–H groups in total. The number of nitrogens with one attached hydrogen (secondary N) is 1. The monoisotopic (exact) mass is 292 g/mol. The molecule has 2 amide bonds. The van der Waals surface area contributed by atoms with Gasteiger partial charge in [0.15, 0.2) is 0 Å². The third-order valence-corrected chi connectivity index (χ3v) is 4.08. The first-order chi connectivity index (χ1) is 8.94. The number of carbonyl (C=O) groups is 2. The third-order valence-electron chi connectivity index (χ3n) is 4.08. The Morgan fingerprint density at radius 2 is 1.75 bits per heavy atom. The Hall–Kier alpha value is -1.27. The van der Waals surface area contributed by atoms with Crippen LogP contribution < -0.4 is 5.32 Å². The number of halogens is 3. The largest absolute Gasteiger partial charge is 0.411 e. The first-order valence-electron chi connectivity index (χ1n) is 6.66. The second-order valence-corrected chi connectivity index (χ2v) is 6.51. The molecule has 2 rings (SSSR count). The molecule has 1 saturated carbocycles. The molecule has 4 nitrogen and oxygen atoms in total. The van der Waals surface area contributed by atoms with Crippen LogP contribution in [-0.4, -0.2) is 40.0 Å². The number of nitrogens with zero attached hydrogens (tertiary/aromatic N) is 1. The van der Waals surface area contributed by atoms with Gasteiger partial charge in [-0.3, -0.25) is 9.59 Å². The van der Waals surface area contributed by atoms with Gasteiger partial charge in [0.1, 0.15) is 17.1 Å². The second kappa shape index (κ2) is 4.11. The van der Waals surface area contributed by atoms with Crippen LogP contribution in [0.4, 0.5) is 13.2 Å². The summed E-state index contributed by atoms with van der Waals surface area (Å²) in [5, 5.41) is 2.52. The molecule has 0 bridgehead atoms. The van der Waals surface area contributed by atoms with Crippen LogP contribution >= 0.6 is 0 Å². The van der Waals surface area contributed by atoms with Gasteiger partial charge in [0.25, 0.3) is 0 Å². The SMILES string of the molecule is CC(C)C1C(=O)NC(C)(C)C(=O)N1C1(C(F)(F)F)CC1. The molecule has 2 aliphatic rings. The Morgan fingerprint density at radius 1 is 1.25 bits per heavy atom. The van der Waals surface area contributed by atoms with Crippen molar-refractivity contribution in [2.45, 2.75) is 63.8 Å². The number of carbonyl (C=O) groups excluding carboxylic acids is 2. The normalized spacial score (nSPS) is 28.6. The average Bonchev–Trinajstić information content (AvgIpc) is 3.01. The first kappa shape index (κ1) is 15.1. The third kappa shape index (κ3) is 1.98. The highest BCUT2D eigenvalue weighted by Gasteiger charge is 2.71. The van der Waals surface area contributed by atoms with Crippen LogP contribution in [0.2, 0.25) is 0 Å². The lowest BCUT2D eigenvalue weighted by molar-refractivity contribution is -0.213. The summed E-state index contributed by atoms with van der Waals surface area (Å²) in [7, 11) is 0. The minimum Gasteiger partial charge on any atom is -0.340 e. The van der Waals surface area contributed by atoms with E-state index in [0.29, 0.717) is 0 Å². The van der Waals surface area contributed by atoms with E-state index in [9.17, 15) is 22.8 Å². The molecule has 0 radical (unpaired) electrons. The van der Waals surface area contributed by atoms with Crippen molar-refractivity contribution < 1.29 is 22.8 Å². The number of alkyl halides is 3. The molecule has 7 heteroatoms. The fraction of sp³-hybridized carbons (Fsp3) is 0.846. The molecule has 1 atom stereocenters. The Kier molecular flexibility index (Phi) is 3.11. The maximum atomic E-state index is 13.3. The van der Waals surface area contributed by atoms with Gasteiger partial charge in [0.05, 0.1) is 0 Å². The van der Waals surface area contributed by atoms with Crippen molar-refractivity contribution in [1.82, 2.24) is 10.2 Å². The summed E-state index contributed by atoms with van der Waals surface area (Å²) in [4.78, 5) is 25.4. The van der Waals surface area contributed by atoms with E-state index < -0.39 is 35.1 Å². The van der Waals surface area contributed by atoms with Gasteiger partial charge in [0.2, 0.25) is 11.8 Å². The van der Waals surface area contributed by atoms with E-state index >= 15 is 0 Å². The van der Waals surface area contributed by atoms with E-state index in [1.54, 1.807) is 13.8 Å². The standard InChI is InChI=1S/C13H19F3N2O2/c1-7(2)8-9(19)17-11(3,4)10(20)18(8)12(5-6-12)13(14,15)16/h7-8H,5-6H2,1-4H3,(H,17,19). The average molecular weight is 292 g/mol. The van der Waals surface area contributed by atoms with E-state index in [4.69, 9.17) is 0 Å². The molecule has 0 spiro atoms. The van der Waals surface area contributed by atoms with E-state index in [1.165, 1.54) is 13.8 Å². The zero-order valence-corrected chi connectivity index (χ0v) is 12.0. The van der Waals surface area contributed by atoms with Crippen LogP contribution in [0.15, 0.2) is 0 Å². The van der Waals surface area contributed by atoms with Crippen molar-refractivity contribution >= 4 is 11.8 Å². The van der Waals surface area contributed by atoms with Gasteiger partial charge < -0.3 is 10.2 Å². The number of hydrogen-bond donors (Lipinski definition) is 1. The molecular weight excluding hydrogens is 273 g/mol. The second-order valence-electron chi connectivity index (χ2n) is 6.51. The van der Waals surface area contributed by atoms with Crippen molar-refractivity contribution in [3.63, 3.8) is 0 Å². The van der Waals surface area contributed by atoms with Crippen LogP contribution in [-0.2, 0) is 9.59 Å². The van der Waals surface area contributed by atoms with Crippen LogP contribution in [0.3, 0.4) is 0 Å². The summed E-state index contributed by atoms with van der Waals surface area (Å²) in [5.41, 5.74) is -3.46. The summed E-state index contributed by atoms with van der Waals surface area (Å²) in [6.45, 7) is 6.16. The Balaban J connectivity index is 2.50. The van der Waals surface area contributed by atoms with Crippen molar-refractivity contribution in [2.75, 3.05) is 0 Å². The molecule has 1 aliphatic carbocycles. The maximum Gasteiger partial charge on any atom is 0.411 e. The molecule has 114 valence electrons. The van der Waals surface area contributed by atoms with Gasteiger partial charge in [-0.25, -0.2) is 0 Å². The van der Waals surface area contributed by atoms with E-state index in [-0.39, 0.29) is 18.8 Å². The fourth-order valence-corrected chi connectivity index (χ4v) is 2.82. The molecule has 0 aromatic carbocycles. The molecule has 0 aromatic heterocycles. The first-order valence-corrected chi connectivity index (χ1v) is 6.66. The Labute approximate surface area is 115 Å². The summed E-state index contributed by atoms with van der Waals surface area (Å²) in [5.74, 6) is -1.55. The lowest BCUT2D eigenvalue weighted by Crippen LogP contribution is -2.73. The minimum absolute atomic E-state index is 0.130. The molecule has 20 heavy (non-hydrogen) atoms. The van der Waals surface area contributed by atoms with Crippen LogP contribution in [0.5, 0.6) is 0 Å². The van der Waals surface area contributed by atoms with Crippen molar-refractivity contribution in [1.29, 1.82) is 0 Å². The fourth-order valence-electron chi connectivity index (χ4n) is 2.82. The number of rotatable bonds is 2. The van der Waals surface area contributed by atoms with E-state index in [0.717, 1.165) is 4.90 Å². The topological polar surface area (TPSA) is 49.4 Å². The zero-order chi connectivity index (χ0) is 15.5. The highest BCUT2D eigenvalue weighted by atomic mass is 19.4. The van der Waals surface area contributed by atoms with Crippen molar-refractivity contribution in [2.24, 2.45) is 5.92 Å². The molecule has 1 unspecified atom stereocenters. The smallest absolute Gasteiger partial charge is 0.340 e. The molecule has 0 aromatic rings. The quantitative estimate of drug-likeness (QED) is 0.844. The minimum atomic E-state index is -4.51. The van der Waals surface area contributed by atoms with Crippen LogP contribution in [0, 0.1) is 5.92 Å². The van der Waals surface area contributed by atoms with Gasteiger partial charge in [0, 0.05) is 0 Å². The van der Waals surface area contributed by atoms with Crippen LogP contribution in [0.1, 0.15) is 40.5 Å². The Bertz CT molecular complexity index is 453. The number of hydrogen-bond acceptors (Lipinski definition) is 2. The lowest BCUT2D eigenvalue weighted by Gasteiger charge is -2.48. The molecule has 1 saturated heterocycles. The molecular formula is C13H19F3N2O2. The molecule has 1 heterocycles. The van der Waals surface area contributed by atoms with E-state index in [1.807, 2.05) is 0 Å². The summed E-state index contributed by atoms with van der Waals surface area (Å²) in [6, 6.07) is -1.07. The highest BCUT2D eigenvalue weighted by Crippen LogP contribution is 2.55. The summed E-state index contributed by atoms with van der Waals surface area (Å²) >= 11 is 0. The highest BCUT2D eigenvalue weighted by molar-refractivity contribution is 6.00. The van der Waals surface area contributed by atoms with Crippen molar-refractivity contribution in [3.05, 3.63) is 0 Å². The Morgan fingerprint density at radius 3 is 2.10 bits per heavy atom. The van der Waals surface area contributed by atoms with E-state index in [2.05, 4.69) is 5.32 Å². The summed E-state index contributed by atoms with van der Waals surface area (Å²) < 4.78 is 40.0. The lowest BCUT2D eigenvalue weighted by atomic mass is 9.89. The van der Waals surface area contributed by atoms with Crippen molar-refractivity contribution in [3.8, 4) is 0 Å². The van der Waals surface area contributed by atoms with Gasteiger partial charge in [-0.15, -0.1) is 0 Å². The van der Waals surface area contributed by atoms with Crippen LogP contribution in [0.25, 0.3) is 0 Å². The van der Waals surface area contributed by atoms with Gasteiger partial charge in [-0.05, 0) is 32.6 Å². The number of piperazine rings is 1. The van der Waals surface area contributed by atoms with Gasteiger partial charge in [-0.2, -0.15) is 13.2 Å². The summed E-state index contributed by atoms with van der Waals surface area (Å²) in [6.07, 6.45) is -4.77. The van der Waals surface area contributed by atoms with Gasteiger partial charge in [-0.1, -0.05) is 13.8 Å². The maximum absolute atomic E-state index is 13.3. The molecule has 1 aliphatic heterocycles. The van der Waals surface area contributed by atoms with Gasteiger partial charge >= 0.3 is 6.18 Å². The predicted molar refractivity (Wildman–Crippen MR) is 65.7 cm³/mol.